The molecule has 0 saturated carbocycles. The number of hydrogen-bond donors (Lipinski definition) is 2. The van der Waals surface area contributed by atoms with Gasteiger partial charge in [-0.2, -0.15) is 0 Å². The van der Waals surface area contributed by atoms with Crippen molar-refractivity contribution in [3.05, 3.63) is 22.2 Å². The van der Waals surface area contributed by atoms with E-state index in [1.54, 1.807) is 13.0 Å². The van der Waals surface area contributed by atoms with Crippen molar-refractivity contribution < 1.29 is 9.90 Å². The molecule has 2 bridgehead atoms. The Hall–Kier alpha value is -1.85. The highest BCUT2D eigenvalue weighted by Gasteiger charge is 2.41. The Kier molecular flexibility index (Phi) is 3.23. The lowest BCUT2D eigenvalue weighted by atomic mass is 9.88. The fraction of sp³-hybridized carbons (Fsp3) is 0.643. The zero-order valence-electron chi connectivity index (χ0n) is 11.5. The molecule has 2 aliphatic heterocycles. The molecule has 6 nitrogen and oxygen atoms in total. The first-order chi connectivity index (χ1) is 9.52. The van der Waals surface area contributed by atoms with Crippen LogP contribution in [-0.4, -0.2) is 33.1 Å². The van der Waals surface area contributed by atoms with E-state index in [-0.39, 0.29) is 17.9 Å². The molecule has 2 aliphatic rings. The molecule has 1 aromatic heterocycles. The molecule has 20 heavy (non-hydrogen) atoms. The molecule has 0 aliphatic carbocycles. The number of carboxylic acid groups (broad SMARTS) is 1. The number of H-pyrrole nitrogens is 1. The van der Waals surface area contributed by atoms with Crippen molar-refractivity contribution >= 4 is 11.8 Å². The van der Waals surface area contributed by atoms with E-state index in [1.807, 2.05) is 0 Å². The lowest BCUT2D eigenvalue weighted by Crippen LogP contribution is -2.44. The lowest BCUT2D eigenvalue weighted by Gasteiger charge is -2.39. The molecule has 0 amide bonds. The van der Waals surface area contributed by atoms with Gasteiger partial charge in [0.2, 0.25) is 0 Å². The average molecular weight is 277 g/mol. The number of aliphatic carboxylic acids is 1. The number of anilines is 1. The van der Waals surface area contributed by atoms with E-state index in [0.29, 0.717) is 17.9 Å². The van der Waals surface area contributed by atoms with Gasteiger partial charge in [0.25, 0.3) is 5.56 Å². The Morgan fingerprint density at radius 3 is 2.65 bits per heavy atom. The van der Waals surface area contributed by atoms with Crippen molar-refractivity contribution in [3.8, 4) is 0 Å². The van der Waals surface area contributed by atoms with Gasteiger partial charge >= 0.3 is 5.97 Å². The molecule has 0 aromatic carbocycles. The Morgan fingerprint density at radius 2 is 2.10 bits per heavy atom. The lowest BCUT2D eigenvalue weighted by molar-refractivity contribution is -0.138. The third-order valence-electron chi connectivity index (χ3n) is 4.41. The number of aromatic nitrogens is 2. The molecule has 3 rings (SSSR count). The molecular weight excluding hydrogens is 258 g/mol. The second kappa shape index (κ2) is 4.92. The maximum absolute atomic E-state index is 11.6. The van der Waals surface area contributed by atoms with Crippen LogP contribution in [0.2, 0.25) is 0 Å². The highest BCUT2D eigenvalue weighted by molar-refractivity contribution is 5.67. The summed E-state index contributed by atoms with van der Waals surface area (Å²) in [5.74, 6) is 0.907. The number of aromatic amines is 1. The molecule has 2 saturated heterocycles. The Morgan fingerprint density at radius 1 is 1.45 bits per heavy atom. The molecule has 2 atom stereocenters. The van der Waals surface area contributed by atoms with Crippen molar-refractivity contribution in [1.82, 2.24) is 9.97 Å². The van der Waals surface area contributed by atoms with E-state index in [0.717, 1.165) is 31.5 Å². The maximum Gasteiger partial charge on any atom is 0.303 e. The molecule has 108 valence electrons. The van der Waals surface area contributed by atoms with Crippen LogP contribution in [-0.2, 0) is 4.79 Å². The number of carboxylic acids is 1. The molecule has 1 aromatic rings. The highest BCUT2D eigenvalue weighted by Crippen LogP contribution is 2.41. The topological polar surface area (TPSA) is 86.3 Å². The van der Waals surface area contributed by atoms with Gasteiger partial charge in [-0.25, -0.2) is 4.98 Å². The van der Waals surface area contributed by atoms with E-state index < -0.39 is 5.97 Å². The first-order valence-electron chi connectivity index (χ1n) is 7.11. The normalized spacial score (nSPS) is 28.6. The second-order valence-electron chi connectivity index (χ2n) is 5.92. The summed E-state index contributed by atoms with van der Waals surface area (Å²) in [6.45, 7) is 1.78. The van der Waals surface area contributed by atoms with Gasteiger partial charge in [0, 0.05) is 24.6 Å². The quantitative estimate of drug-likeness (QED) is 0.869. The summed E-state index contributed by atoms with van der Waals surface area (Å²) < 4.78 is 0. The van der Waals surface area contributed by atoms with Gasteiger partial charge in [0.15, 0.2) is 0 Å². The number of fused-ring (bicyclic) bond motifs is 2. The van der Waals surface area contributed by atoms with E-state index >= 15 is 0 Å². The van der Waals surface area contributed by atoms with Crippen LogP contribution in [0.4, 0.5) is 5.82 Å². The van der Waals surface area contributed by atoms with Crippen LogP contribution < -0.4 is 10.5 Å². The molecule has 2 unspecified atom stereocenters. The number of hydrogen-bond acceptors (Lipinski definition) is 4. The third kappa shape index (κ3) is 2.42. The van der Waals surface area contributed by atoms with Crippen LogP contribution in [0, 0.1) is 12.8 Å². The molecule has 2 N–H and O–H groups in total. The number of piperidine rings is 1. The van der Waals surface area contributed by atoms with Crippen molar-refractivity contribution in [1.29, 1.82) is 0 Å². The molecule has 0 radical (unpaired) electrons. The summed E-state index contributed by atoms with van der Waals surface area (Å²) in [5.41, 5.74) is -0.125. The van der Waals surface area contributed by atoms with Crippen LogP contribution in [0.15, 0.2) is 10.9 Å². The predicted octanol–water partition coefficient (Wildman–Crippen LogP) is 1.30. The zero-order valence-corrected chi connectivity index (χ0v) is 11.5. The standard InChI is InChI=1S/C14H19N3O3/c1-8-15-12(7-13(18)16-8)17-10-2-3-11(17)5-9(4-10)6-14(19)20/h7,9-11H,2-6H2,1H3,(H,19,20)(H,15,16,18). The van der Waals surface area contributed by atoms with Gasteiger partial charge in [-0.05, 0) is 38.5 Å². The smallest absolute Gasteiger partial charge is 0.303 e. The fourth-order valence-electron chi connectivity index (χ4n) is 3.77. The van der Waals surface area contributed by atoms with E-state index in [9.17, 15) is 9.59 Å². The minimum Gasteiger partial charge on any atom is -0.481 e. The van der Waals surface area contributed by atoms with E-state index in [1.165, 1.54) is 0 Å². The van der Waals surface area contributed by atoms with Crippen molar-refractivity contribution in [2.24, 2.45) is 5.92 Å². The summed E-state index contributed by atoms with van der Waals surface area (Å²) in [5, 5.41) is 8.94. The number of aryl methyl sites for hydroxylation is 1. The molecule has 3 heterocycles. The van der Waals surface area contributed by atoms with Crippen molar-refractivity contribution in [2.75, 3.05) is 4.90 Å². The molecule has 0 spiro atoms. The first kappa shape index (κ1) is 13.1. The van der Waals surface area contributed by atoms with Crippen LogP contribution in [0.3, 0.4) is 0 Å². The Labute approximate surface area is 116 Å². The summed E-state index contributed by atoms with van der Waals surface area (Å²) in [4.78, 5) is 31.8. The highest BCUT2D eigenvalue weighted by atomic mass is 16.4. The zero-order chi connectivity index (χ0) is 14.3. The van der Waals surface area contributed by atoms with E-state index in [2.05, 4.69) is 14.9 Å². The average Bonchev–Trinajstić information content (AvgIpc) is 2.59. The summed E-state index contributed by atoms with van der Waals surface area (Å²) in [6.07, 6.45) is 4.15. The monoisotopic (exact) mass is 277 g/mol. The minimum atomic E-state index is -0.715. The SMILES string of the molecule is Cc1nc(N2C3CCC2CC(CC(=O)O)C3)cc(=O)[nH]1. The number of nitrogens with one attached hydrogen (secondary N) is 1. The summed E-state index contributed by atoms with van der Waals surface area (Å²) in [6, 6.07) is 2.20. The first-order valence-corrected chi connectivity index (χ1v) is 7.11. The van der Waals surface area contributed by atoms with E-state index in [4.69, 9.17) is 5.11 Å². The van der Waals surface area contributed by atoms with Crippen LogP contribution in [0.5, 0.6) is 0 Å². The van der Waals surface area contributed by atoms with Gasteiger partial charge in [0.1, 0.15) is 11.6 Å². The Balaban J connectivity index is 1.83. The number of carbonyl (C=O) groups is 1. The third-order valence-corrected chi connectivity index (χ3v) is 4.41. The van der Waals surface area contributed by atoms with Crippen LogP contribution in [0.25, 0.3) is 0 Å². The predicted molar refractivity (Wildman–Crippen MR) is 73.9 cm³/mol. The van der Waals surface area contributed by atoms with Crippen molar-refractivity contribution in [3.63, 3.8) is 0 Å². The largest absolute Gasteiger partial charge is 0.481 e. The summed E-state index contributed by atoms with van der Waals surface area (Å²) in [7, 11) is 0. The Bertz CT molecular complexity index is 569. The van der Waals surface area contributed by atoms with Crippen molar-refractivity contribution in [2.45, 2.75) is 51.1 Å². The van der Waals surface area contributed by atoms with Gasteiger partial charge in [-0.3, -0.25) is 9.59 Å². The number of rotatable bonds is 3. The van der Waals surface area contributed by atoms with Gasteiger partial charge in [-0.15, -0.1) is 0 Å². The molecule has 6 heteroatoms. The van der Waals surface area contributed by atoms with Crippen LogP contribution >= 0.6 is 0 Å². The summed E-state index contributed by atoms with van der Waals surface area (Å²) >= 11 is 0. The fourth-order valence-corrected chi connectivity index (χ4v) is 3.77. The molecule has 2 fully saturated rings. The van der Waals surface area contributed by atoms with Crippen LogP contribution in [0.1, 0.15) is 37.9 Å². The van der Waals surface area contributed by atoms with Gasteiger partial charge in [0.05, 0.1) is 0 Å². The van der Waals surface area contributed by atoms with Gasteiger partial charge < -0.3 is 15.0 Å². The van der Waals surface area contributed by atoms with Gasteiger partial charge in [-0.1, -0.05) is 0 Å². The maximum atomic E-state index is 11.6. The number of nitrogens with zero attached hydrogens (tertiary/aromatic N) is 2. The minimum absolute atomic E-state index is 0.125. The second-order valence-corrected chi connectivity index (χ2v) is 5.92. The molecular formula is C14H19N3O3.